The summed E-state index contributed by atoms with van der Waals surface area (Å²) in [6.45, 7) is 0. The number of thiazole rings is 1. The molecule has 0 atom stereocenters. The molecular weight excluding hydrogens is 314 g/mol. The van der Waals surface area contributed by atoms with Crippen LogP contribution < -0.4 is 4.80 Å². The summed E-state index contributed by atoms with van der Waals surface area (Å²) in [6.07, 6.45) is 0. The van der Waals surface area contributed by atoms with E-state index in [1.165, 1.54) is 17.4 Å². The summed E-state index contributed by atoms with van der Waals surface area (Å²) in [5.74, 6) is 0.157. The zero-order chi connectivity index (χ0) is 16.4. The van der Waals surface area contributed by atoms with Crippen molar-refractivity contribution in [3.8, 4) is 17.0 Å². The molecule has 3 rings (SSSR count). The summed E-state index contributed by atoms with van der Waals surface area (Å²) in [7, 11) is 1.85. The molecular formula is C16H13N3O3S. The van der Waals surface area contributed by atoms with Crippen molar-refractivity contribution in [3.63, 3.8) is 0 Å². The maximum Gasteiger partial charge on any atom is 0.270 e. The summed E-state index contributed by atoms with van der Waals surface area (Å²) < 4.78 is 1.87. The Kier molecular flexibility index (Phi) is 3.94. The summed E-state index contributed by atoms with van der Waals surface area (Å²) in [5.41, 5.74) is 2.31. The van der Waals surface area contributed by atoms with Gasteiger partial charge in [0.2, 0.25) is 0 Å². The van der Waals surface area contributed by atoms with E-state index in [0.717, 1.165) is 16.1 Å². The summed E-state index contributed by atoms with van der Waals surface area (Å²) >= 11 is 1.43. The third-order valence-electron chi connectivity index (χ3n) is 3.33. The standard InChI is InChI=1S/C16H13N3O3S/c1-18-15(11-4-2-6-13(8-11)19(21)22)10-23-16(18)17-12-5-3-7-14(20)9-12/h2-10,20H,1H3. The molecule has 116 valence electrons. The minimum Gasteiger partial charge on any atom is -0.508 e. The Morgan fingerprint density at radius 2 is 2.00 bits per heavy atom. The number of non-ortho nitro benzene ring substituents is 1. The van der Waals surface area contributed by atoms with Crippen LogP contribution >= 0.6 is 11.3 Å². The molecule has 0 bridgehead atoms. The number of nitro benzene ring substituents is 1. The van der Waals surface area contributed by atoms with Gasteiger partial charge in [0.1, 0.15) is 5.75 Å². The molecule has 0 amide bonds. The molecule has 1 N–H and O–H groups in total. The first-order valence-electron chi connectivity index (χ1n) is 6.78. The number of phenols is 1. The van der Waals surface area contributed by atoms with Crippen molar-refractivity contribution in [2.45, 2.75) is 0 Å². The van der Waals surface area contributed by atoms with E-state index in [-0.39, 0.29) is 11.4 Å². The lowest BCUT2D eigenvalue weighted by atomic mass is 10.1. The van der Waals surface area contributed by atoms with Gasteiger partial charge in [-0.05, 0) is 12.1 Å². The number of nitro groups is 1. The van der Waals surface area contributed by atoms with E-state index in [4.69, 9.17) is 0 Å². The van der Waals surface area contributed by atoms with Crippen LogP contribution in [0.3, 0.4) is 0 Å². The van der Waals surface area contributed by atoms with Gasteiger partial charge in [0.05, 0.1) is 16.3 Å². The van der Waals surface area contributed by atoms with E-state index in [2.05, 4.69) is 4.99 Å². The molecule has 0 aliphatic heterocycles. The van der Waals surface area contributed by atoms with E-state index in [0.29, 0.717) is 5.69 Å². The molecule has 0 saturated heterocycles. The Morgan fingerprint density at radius 3 is 2.74 bits per heavy atom. The molecule has 6 nitrogen and oxygen atoms in total. The number of aromatic nitrogens is 1. The highest BCUT2D eigenvalue weighted by atomic mass is 32.1. The van der Waals surface area contributed by atoms with Crippen LogP contribution in [-0.4, -0.2) is 14.6 Å². The second-order valence-corrected chi connectivity index (χ2v) is 5.74. The van der Waals surface area contributed by atoms with Crippen LogP contribution in [0.2, 0.25) is 0 Å². The number of nitrogens with zero attached hydrogens (tertiary/aromatic N) is 3. The van der Waals surface area contributed by atoms with Crippen molar-refractivity contribution in [2.75, 3.05) is 0 Å². The minimum atomic E-state index is -0.409. The molecule has 0 spiro atoms. The van der Waals surface area contributed by atoms with Gasteiger partial charge in [-0.3, -0.25) is 10.1 Å². The van der Waals surface area contributed by atoms with E-state index < -0.39 is 4.92 Å². The molecule has 0 unspecified atom stereocenters. The third kappa shape index (κ3) is 3.14. The predicted octanol–water partition coefficient (Wildman–Crippen LogP) is 3.60. The molecule has 1 heterocycles. The SMILES string of the molecule is Cn1c(-c2cccc([N+](=O)[O-])c2)csc1=Nc1cccc(O)c1. The fraction of sp³-hybridized carbons (Fsp3) is 0.0625. The average Bonchev–Trinajstić information content (AvgIpc) is 2.88. The van der Waals surface area contributed by atoms with Gasteiger partial charge in [0.25, 0.3) is 5.69 Å². The normalized spacial score (nSPS) is 11.6. The van der Waals surface area contributed by atoms with Crippen LogP contribution in [0.15, 0.2) is 58.9 Å². The van der Waals surface area contributed by atoms with Gasteiger partial charge in [-0.25, -0.2) is 4.99 Å². The quantitative estimate of drug-likeness (QED) is 0.589. The van der Waals surface area contributed by atoms with Crippen molar-refractivity contribution in [1.82, 2.24) is 4.57 Å². The first-order valence-corrected chi connectivity index (χ1v) is 7.65. The maximum atomic E-state index is 10.9. The number of hydrogen-bond donors (Lipinski definition) is 1. The second kappa shape index (κ2) is 6.05. The van der Waals surface area contributed by atoms with Crippen LogP contribution in [0.5, 0.6) is 5.75 Å². The minimum absolute atomic E-state index is 0.0557. The molecule has 0 aliphatic carbocycles. The fourth-order valence-corrected chi connectivity index (χ4v) is 3.11. The first-order chi connectivity index (χ1) is 11.0. The topological polar surface area (TPSA) is 80.7 Å². The molecule has 0 radical (unpaired) electrons. The molecule has 2 aromatic carbocycles. The van der Waals surface area contributed by atoms with E-state index in [9.17, 15) is 15.2 Å². The highest BCUT2D eigenvalue weighted by molar-refractivity contribution is 7.07. The van der Waals surface area contributed by atoms with Gasteiger partial charge in [0, 0.05) is 36.2 Å². The molecule has 1 aromatic heterocycles. The summed E-state index contributed by atoms with van der Waals surface area (Å²) in [5, 5.41) is 22.3. The number of hydrogen-bond acceptors (Lipinski definition) is 5. The highest BCUT2D eigenvalue weighted by Gasteiger charge is 2.10. The number of aromatic hydroxyl groups is 1. The lowest BCUT2D eigenvalue weighted by Crippen LogP contribution is -2.10. The second-order valence-electron chi connectivity index (χ2n) is 4.90. The average molecular weight is 327 g/mol. The maximum absolute atomic E-state index is 10.9. The number of rotatable bonds is 3. The largest absolute Gasteiger partial charge is 0.508 e. The Bertz CT molecular complexity index is 943. The van der Waals surface area contributed by atoms with Gasteiger partial charge in [-0.1, -0.05) is 18.2 Å². The zero-order valence-electron chi connectivity index (χ0n) is 12.2. The van der Waals surface area contributed by atoms with Crippen LogP contribution in [0.4, 0.5) is 11.4 Å². The van der Waals surface area contributed by atoms with E-state index in [1.807, 2.05) is 23.1 Å². The zero-order valence-corrected chi connectivity index (χ0v) is 13.0. The molecule has 3 aromatic rings. The molecule has 0 fully saturated rings. The Hall–Kier alpha value is -2.93. The van der Waals surface area contributed by atoms with Gasteiger partial charge in [-0.15, -0.1) is 11.3 Å². The van der Waals surface area contributed by atoms with Crippen LogP contribution in [0, 0.1) is 10.1 Å². The van der Waals surface area contributed by atoms with Crippen molar-refractivity contribution in [1.29, 1.82) is 0 Å². The van der Waals surface area contributed by atoms with Gasteiger partial charge in [0.15, 0.2) is 4.80 Å². The first kappa shape index (κ1) is 15.0. The van der Waals surface area contributed by atoms with Gasteiger partial charge >= 0.3 is 0 Å². The fourth-order valence-electron chi connectivity index (χ4n) is 2.18. The van der Waals surface area contributed by atoms with Crippen LogP contribution in [0.25, 0.3) is 11.3 Å². The monoisotopic (exact) mass is 327 g/mol. The molecule has 0 aliphatic rings. The third-order valence-corrected chi connectivity index (χ3v) is 4.25. The number of phenolic OH excluding ortho intramolecular Hbond substituents is 1. The predicted molar refractivity (Wildman–Crippen MR) is 88.7 cm³/mol. The number of benzene rings is 2. The Balaban J connectivity index is 2.06. The Labute approximate surface area is 135 Å². The highest BCUT2D eigenvalue weighted by Crippen LogP contribution is 2.24. The van der Waals surface area contributed by atoms with Crippen molar-refractivity contribution in [2.24, 2.45) is 12.0 Å². The molecule has 0 saturated carbocycles. The van der Waals surface area contributed by atoms with Gasteiger partial charge in [-0.2, -0.15) is 0 Å². The summed E-state index contributed by atoms with van der Waals surface area (Å²) in [4.78, 5) is 15.7. The molecule has 23 heavy (non-hydrogen) atoms. The lowest BCUT2D eigenvalue weighted by molar-refractivity contribution is -0.384. The Morgan fingerprint density at radius 1 is 1.22 bits per heavy atom. The molecule has 7 heteroatoms. The van der Waals surface area contributed by atoms with Gasteiger partial charge < -0.3 is 9.67 Å². The smallest absolute Gasteiger partial charge is 0.270 e. The van der Waals surface area contributed by atoms with Crippen molar-refractivity contribution >= 4 is 22.7 Å². The van der Waals surface area contributed by atoms with E-state index in [1.54, 1.807) is 36.4 Å². The summed E-state index contributed by atoms with van der Waals surface area (Å²) in [6, 6.07) is 13.2. The van der Waals surface area contributed by atoms with E-state index >= 15 is 0 Å². The van der Waals surface area contributed by atoms with Crippen LogP contribution in [0.1, 0.15) is 0 Å². The van der Waals surface area contributed by atoms with Crippen LogP contribution in [-0.2, 0) is 7.05 Å². The lowest BCUT2D eigenvalue weighted by Gasteiger charge is -2.03. The van der Waals surface area contributed by atoms with Crippen molar-refractivity contribution in [3.05, 3.63) is 68.8 Å². The van der Waals surface area contributed by atoms with Crippen molar-refractivity contribution < 1.29 is 10.0 Å².